The van der Waals surface area contributed by atoms with Gasteiger partial charge >= 0.3 is 0 Å². The first-order chi connectivity index (χ1) is 14.5. The summed E-state index contributed by atoms with van der Waals surface area (Å²) in [6.45, 7) is 4.23. The maximum atomic E-state index is 11.2. The number of carbonyl (C=O) groups is 1. The van der Waals surface area contributed by atoms with Crippen molar-refractivity contribution in [1.29, 1.82) is 0 Å². The fourth-order valence-electron chi connectivity index (χ4n) is 3.27. The van der Waals surface area contributed by atoms with E-state index in [1.165, 1.54) is 6.92 Å². The Morgan fingerprint density at radius 2 is 2.23 bits per heavy atom. The zero-order valence-electron chi connectivity index (χ0n) is 17.2. The minimum Gasteiger partial charge on any atom is -0.492 e. The van der Waals surface area contributed by atoms with Crippen LogP contribution >= 0.6 is 11.6 Å². The Morgan fingerprint density at radius 3 is 3.00 bits per heavy atom. The van der Waals surface area contributed by atoms with Crippen LogP contribution in [0.3, 0.4) is 0 Å². The Labute approximate surface area is 181 Å². The lowest BCUT2D eigenvalue weighted by molar-refractivity contribution is -0.114. The number of carbonyl (C=O) groups excluding carboxylic acids is 1. The first kappa shape index (κ1) is 21.7. The number of rotatable bonds is 7. The van der Waals surface area contributed by atoms with Crippen LogP contribution in [0, 0.1) is 0 Å². The molecule has 1 unspecified atom stereocenters. The standard InChI is InChI=1S/C21H27ClN6O2/c1-15(29)26-16-5-3-6-18(13-16)30-12-10-25-21(23-2)27-17-8-11-28(14-17)20-19(22)7-4-9-24-20/h3-7,9,13,17H,8,10-12,14H2,1-2H3,(H,26,29)(H2,23,25,27). The SMILES string of the molecule is CN=C(NCCOc1cccc(NC(C)=O)c1)NC1CCN(c2ncccc2Cl)C1. The van der Waals surface area contributed by atoms with Gasteiger partial charge in [-0.05, 0) is 30.7 Å². The number of ether oxygens (including phenoxy) is 1. The quantitative estimate of drug-likeness (QED) is 0.355. The van der Waals surface area contributed by atoms with Gasteiger partial charge in [0.1, 0.15) is 18.2 Å². The molecular weight excluding hydrogens is 404 g/mol. The summed E-state index contributed by atoms with van der Waals surface area (Å²) in [6, 6.07) is 11.3. The number of hydrogen-bond acceptors (Lipinski definition) is 5. The number of hydrogen-bond donors (Lipinski definition) is 3. The van der Waals surface area contributed by atoms with E-state index in [1.807, 2.05) is 30.3 Å². The molecule has 1 amide bonds. The Hall–Kier alpha value is -3.00. The van der Waals surface area contributed by atoms with Crippen LogP contribution in [0.1, 0.15) is 13.3 Å². The third-order valence-electron chi connectivity index (χ3n) is 4.61. The van der Waals surface area contributed by atoms with Gasteiger partial charge in [-0.1, -0.05) is 17.7 Å². The van der Waals surface area contributed by atoms with Gasteiger partial charge in [-0.2, -0.15) is 0 Å². The van der Waals surface area contributed by atoms with E-state index in [9.17, 15) is 4.79 Å². The Balaban J connectivity index is 1.41. The molecular formula is C21H27ClN6O2. The average molecular weight is 431 g/mol. The van der Waals surface area contributed by atoms with Crippen LogP contribution < -0.4 is 25.6 Å². The van der Waals surface area contributed by atoms with Gasteiger partial charge in [0.25, 0.3) is 0 Å². The molecule has 1 aromatic carbocycles. The molecule has 9 heteroatoms. The second-order valence-corrected chi connectivity index (χ2v) is 7.35. The molecule has 0 aliphatic carbocycles. The molecule has 1 aliphatic heterocycles. The molecule has 0 radical (unpaired) electrons. The minimum atomic E-state index is -0.112. The highest BCUT2D eigenvalue weighted by Crippen LogP contribution is 2.25. The molecule has 3 N–H and O–H groups in total. The summed E-state index contributed by atoms with van der Waals surface area (Å²) in [7, 11) is 1.75. The molecule has 160 valence electrons. The Bertz CT molecular complexity index is 891. The van der Waals surface area contributed by atoms with E-state index in [0.717, 1.165) is 31.3 Å². The van der Waals surface area contributed by atoms with Crippen molar-refractivity contribution in [3.63, 3.8) is 0 Å². The van der Waals surface area contributed by atoms with Gasteiger partial charge < -0.3 is 25.6 Å². The van der Waals surface area contributed by atoms with Crippen LogP contribution in [-0.2, 0) is 4.79 Å². The van der Waals surface area contributed by atoms with Crippen molar-refractivity contribution < 1.29 is 9.53 Å². The van der Waals surface area contributed by atoms with Crippen LogP contribution in [0.25, 0.3) is 0 Å². The minimum absolute atomic E-state index is 0.112. The number of pyridine rings is 1. The first-order valence-corrected chi connectivity index (χ1v) is 10.3. The van der Waals surface area contributed by atoms with Gasteiger partial charge in [-0.15, -0.1) is 0 Å². The molecule has 2 aromatic rings. The average Bonchev–Trinajstić information content (AvgIpc) is 3.18. The van der Waals surface area contributed by atoms with Crippen LogP contribution in [0.2, 0.25) is 5.02 Å². The number of halogens is 1. The molecule has 8 nitrogen and oxygen atoms in total. The van der Waals surface area contributed by atoms with Crippen LogP contribution in [0.15, 0.2) is 47.6 Å². The third-order valence-corrected chi connectivity index (χ3v) is 4.90. The number of anilines is 2. The van der Waals surface area contributed by atoms with E-state index >= 15 is 0 Å². The number of nitrogens with one attached hydrogen (secondary N) is 3. The second kappa shape index (κ2) is 10.7. The number of amides is 1. The summed E-state index contributed by atoms with van der Waals surface area (Å²) in [4.78, 5) is 22.0. The molecule has 1 fully saturated rings. The molecule has 0 bridgehead atoms. The Kier molecular flexibility index (Phi) is 7.73. The van der Waals surface area contributed by atoms with E-state index in [4.69, 9.17) is 16.3 Å². The van der Waals surface area contributed by atoms with Gasteiger partial charge in [0.2, 0.25) is 5.91 Å². The van der Waals surface area contributed by atoms with Crippen molar-refractivity contribution in [3.05, 3.63) is 47.6 Å². The monoisotopic (exact) mass is 430 g/mol. The van der Waals surface area contributed by atoms with Gasteiger partial charge in [0.15, 0.2) is 5.96 Å². The van der Waals surface area contributed by atoms with E-state index < -0.39 is 0 Å². The normalized spacial score (nSPS) is 16.3. The molecule has 30 heavy (non-hydrogen) atoms. The number of benzene rings is 1. The summed E-state index contributed by atoms with van der Waals surface area (Å²) in [5.74, 6) is 2.13. The predicted octanol–water partition coefficient (Wildman–Crippen LogP) is 2.52. The Morgan fingerprint density at radius 1 is 1.37 bits per heavy atom. The summed E-state index contributed by atoms with van der Waals surface area (Å²) >= 11 is 6.26. The third kappa shape index (κ3) is 6.25. The van der Waals surface area contributed by atoms with Gasteiger partial charge in [-0.25, -0.2) is 4.98 Å². The van der Waals surface area contributed by atoms with Crippen molar-refractivity contribution in [2.24, 2.45) is 4.99 Å². The van der Waals surface area contributed by atoms with Gasteiger partial charge in [-0.3, -0.25) is 9.79 Å². The van der Waals surface area contributed by atoms with Crippen molar-refractivity contribution in [3.8, 4) is 5.75 Å². The zero-order valence-corrected chi connectivity index (χ0v) is 17.9. The van der Waals surface area contributed by atoms with E-state index in [-0.39, 0.29) is 11.9 Å². The van der Waals surface area contributed by atoms with E-state index in [2.05, 4.69) is 30.8 Å². The molecule has 0 saturated carbocycles. The summed E-state index contributed by atoms with van der Waals surface area (Å²) in [6.07, 6.45) is 2.73. The smallest absolute Gasteiger partial charge is 0.221 e. The lowest BCUT2D eigenvalue weighted by atomic mass is 10.3. The van der Waals surface area contributed by atoms with Gasteiger partial charge in [0.05, 0.1) is 11.6 Å². The predicted molar refractivity (Wildman–Crippen MR) is 121 cm³/mol. The van der Waals surface area contributed by atoms with Crippen LogP contribution in [0.5, 0.6) is 5.75 Å². The van der Waals surface area contributed by atoms with E-state index in [1.54, 1.807) is 19.3 Å². The number of aromatic nitrogens is 1. The molecule has 2 heterocycles. The van der Waals surface area contributed by atoms with Crippen molar-refractivity contribution in [2.45, 2.75) is 19.4 Å². The van der Waals surface area contributed by atoms with Gasteiger partial charge in [0, 0.05) is 51.1 Å². The van der Waals surface area contributed by atoms with Crippen molar-refractivity contribution >= 4 is 35.0 Å². The summed E-state index contributed by atoms with van der Waals surface area (Å²) < 4.78 is 5.75. The van der Waals surface area contributed by atoms with Crippen molar-refractivity contribution in [2.75, 3.05) is 43.5 Å². The van der Waals surface area contributed by atoms with E-state index in [0.29, 0.717) is 29.6 Å². The van der Waals surface area contributed by atoms with Crippen LogP contribution in [0.4, 0.5) is 11.5 Å². The largest absolute Gasteiger partial charge is 0.492 e. The lowest BCUT2D eigenvalue weighted by Gasteiger charge is -2.20. The topological polar surface area (TPSA) is 90.9 Å². The molecule has 0 spiro atoms. The molecule has 1 aliphatic rings. The fraction of sp³-hybridized carbons (Fsp3) is 0.381. The summed E-state index contributed by atoms with van der Waals surface area (Å²) in [5.41, 5.74) is 0.712. The lowest BCUT2D eigenvalue weighted by Crippen LogP contribution is -2.45. The highest BCUT2D eigenvalue weighted by molar-refractivity contribution is 6.32. The number of guanidine groups is 1. The second-order valence-electron chi connectivity index (χ2n) is 6.94. The fourth-order valence-corrected chi connectivity index (χ4v) is 3.51. The highest BCUT2D eigenvalue weighted by atomic mass is 35.5. The maximum Gasteiger partial charge on any atom is 0.221 e. The molecule has 1 atom stereocenters. The summed E-state index contributed by atoms with van der Waals surface area (Å²) in [5, 5.41) is 10.1. The number of aliphatic imine (C=N–C) groups is 1. The molecule has 1 saturated heterocycles. The van der Waals surface area contributed by atoms with Crippen molar-refractivity contribution in [1.82, 2.24) is 15.6 Å². The molecule has 1 aromatic heterocycles. The zero-order chi connectivity index (χ0) is 21.3. The highest BCUT2D eigenvalue weighted by Gasteiger charge is 2.25. The van der Waals surface area contributed by atoms with Crippen LogP contribution in [-0.4, -0.2) is 56.2 Å². The first-order valence-electron chi connectivity index (χ1n) is 9.88. The maximum absolute atomic E-state index is 11.2. The molecule has 3 rings (SSSR count). The number of nitrogens with zero attached hydrogens (tertiary/aromatic N) is 3.